The summed E-state index contributed by atoms with van der Waals surface area (Å²) in [5, 5.41) is 23.9. The molecule has 1 fully saturated rings. The molecule has 4 rings (SSSR count). The third kappa shape index (κ3) is 3.06. The van der Waals surface area contributed by atoms with Crippen LogP contribution in [0.2, 0.25) is 0 Å². The third-order valence-corrected chi connectivity index (χ3v) is 5.21. The van der Waals surface area contributed by atoms with Gasteiger partial charge in [-0.25, -0.2) is 4.98 Å². The molecule has 3 N–H and O–H groups in total. The summed E-state index contributed by atoms with van der Waals surface area (Å²) in [6.45, 7) is 1.47. The van der Waals surface area contributed by atoms with Crippen molar-refractivity contribution in [2.45, 2.75) is 43.7 Å². The predicted octanol–water partition coefficient (Wildman–Crippen LogP) is 0.325. The molecule has 2 heterocycles. The molecule has 1 aliphatic carbocycles. The zero-order chi connectivity index (χ0) is 17.4. The molecule has 0 unspecified atom stereocenters. The van der Waals surface area contributed by atoms with Crippen molar-refractivity contribution in [1.82, 2.24) is 15.2 Å². The lowest BCUT2D eigenvalue weighted by molar-refractivity contribution is 0.00122. The second-order valence-electron chi connectivity index (χ2n) is 6.72. The molecule has 1 aromatic carbocycles. The minimum absolute atomic E-state index is 0.0945. The lowest BCUT2D eigenvalue weighted by Gasteiger charge is -2.37. The summed E-state index contributed by atoms with van der Waals surface area (Å²) in [5.41, 5.74) is 2.54. The monoisotopic (exact) mass is 343 g/mol. The van der Waals surface area contributed by atoms with Gasteiger partial charge in [-0.1, -0.05) is 24.3 Å². The van der Waals surface area contributed by atoms with Crippen LogP contribution in [0.5, 0.6) is 0 Å². The predicted molar refractivity (Wildman–Crippen MR) is 88.7 cm³/mol. The van der Waals surface area contributed by atoms with E-state index < -0.39 is 30.2 Å². The van der Waals surface area contributed by atoms with Gasteiger partial charge in [0.25, 0.3) is 5.91 Å². The molecule has 25 heavy (non-hydrogen) atoms. The number of carbonyl (C=O) groups is 1. The number of nitrogens with zero attached hydrogens (tertiary/aromatic N) is 2. The number of nitrogens with one attached hydrogen (secondary N) is 1. The van der Waals surface area contributed by atoms with E-state index in [9.17, 15) is 15.0 Å². The van der Waals surface area contributed by atoms with Crippen LogP contribution in [0.15, 0.2) is 41.3 Å². The van der Waals surface area contributed by atoms with E-state index in [4.69, 9.17) is 4.42 Å². The number of aliphatic hydroxyl groups excluding tert-OH is 2. The van der Waals surface area contributed by atoms with E-state index in [-0.39, 0.29) is 5.76 Å². The molecule has 132 valence electrons. The zero-order valence-corrected chi connectivity index (χ0v) is 13.7. The molecule has 1 aliphatic heterocycles. The summed E-state index contributed by atoms with van der Waals surface area (Å²) in [7, 11) is 0. The number of hydrogen-bond acceptors (Lipinski definition) is 6. The molecule has 0 bridgehead atoms. The fraction of sp³-hybridized carbons (Fsp3) is 0.444. The van der Waals surface area contributed by atoms with Gasteiger partial charge in [0, 0.05) is 13.1 Å². The molecule has 7 nitrogen and oxygen atoms in total. The molecule has 0 spiro atoms. The van der Waals surface area contributed by atoms with Gasteiger partial charge >= 0.3 is 0 Å². The lowest BCUT2D eigenvalue weighted by atomic mass is 9.97. The van der Waals surface area contributed by atoms with Crippen molar-refractivity contribution in [2.24, 2.45) is 0 Å². The Hall–Kier alpha value is -2.22. The van der Waals surface area contributed by atoms with Crippen LogP contribution >= 0.6 is 0 Å². The van der Waals surface area contributed by atoms with E-state index in [2.05, 4.69) is 27.3 Å². The number of aromatic nitrogens is 1. The fourth-order valence-corrected chi connectivity index (χ4v) is 3.95. The Balaban J connectivity index is 1.45. The molecule has 0 saturated heterocycles. The Labute approximate surface area is 145 Å². The second-order valence-corrected chi connectivity index (χ2v) is 6.72. The summed E-state index contributed by atoms with van der Waals surface area (Å²) in [4.78, 5) is 17.9. The number of rotatable bonds is 3. The van der Waals surface area contributed by atoms with Gasteiger partial charge in [-0.05, 0) is 24.0 Å². The van der Waals surface area contributed by atoms with Gasteiger partial charge in [-0.3, -0.25) is 9.69 Å². The number of amides is 1. The smallest absolute Gasteiger partial charge is 0.289 e. The molecule has 1 aromatic heterocycles. The van der Waals surface area contributed by atoms with Crippen molar-refractivity contribution in [3.8, 4) is 0 Å². The van der Waals surface area contributed by atoms with Crippen LogP contribution in [0.25, 0.3) is 0 Å². The van der Waals surface area contributed by atoms with Crippen molar-refractivity contribution in [3.05, 3.63) is 53.7 Å². The highest BCUT2D eigenvalue weighted by Crippen LogP contribution is 2.30. The maximum Gasteiger partial charge on any atom is 0.289 e. The summed E-state index contributed by atoms with van der Waals surface area (Å²) >= 11 is 0. The molecule has 7 heteroatoms. The fourth-order valence-electron chi connectivity index (χ4n) is 3.95. The van der Waals surface area contributed by atoms with Gasteiger partial charge in [-0.15, -0.1) is 0 Å². The number of oxazole rings is 1. The second kappa shape index (κ2) is 6.59. The summed E-state index contributed by atoms with van der Waals surface area (Å²) in [6, 6.07) is 7.32. The first-order chi connectivity index (χ1) is 12.1. The molecular weight excluding hydrogens is 322 g/mol. The Morgan fingerprint density at radius 3 is 2.84 bits per heavy atom. The largest absolute Gasteiger partial charge is 0.438 e. The maximum atomic E-state index is 12.1. The first-order valence-electron chi connectivity index (χ1n) is 8.50. The average Bonchev–Trinajstić information content (AvgIpc) is 3.24. The molecule has 1 amide bonds. The van der Waals surface area contributed by atoms with E-state index in [1.54, 1.807) is 0 Å². The minimum Gasteiger partial charge on any atom is -0.438 e. The van der Waals surface area contributed by atoms with E-state index in [1.165, 1.54) is 23.7 Å². The van der Waals surface area contributed by atoms with Gasteiger partial charge in [0.1, 0.15) is 0 Å². The summed E-state index contributed by atoms with van der Waals surface area (Å²) < 4.78 is 4.97. The summed E-state index contributed by atoms with van der Waals surface area (Å²) in [5.74, 6) is -0.338. The number of aliphatic hydroxyl groups is 2. The van der Waals surface area contributed by atoms with Crippen LogP contribution in [0, 0.1) is 0 Å². The van der Waals surface area contributed by atoms with E-state index in [1.807, 2.05) is 12.1 Å². The van der Waals surface area contributed by atoms with Crippen molar-refractivity contribution >= 4 is 5.91 Å². The van der Waals surface area contributed by atoms with Crippen molar-refractivity contribution in [1.29, 1.82) is 0 Å². The van der Waals surface area contributed by atoms with Crippen LogP contribution in [-0.2, 0) is 13.0 Å². The topological polar surface area (TPSA) is 98.8 Å². The van der Waals surface area contributed by atoms with Crippen LogP contribution in [0.3, 0.4) is 0 Å². The minimum atomic E-state index is -0.841. The van der Waals surface area contributed by atoms with Crippen molar-refractivity contribution in [2.75, 3.05) is 6.54 Å². The highest BCUT2D eigenvalue weighted by Gasteiger charge is 2.46. The van der Waals surface area contributed by atoms with Crippen molar-refractivity contribution < 1.29 is 19.4 Å². The highest BCUT2D eigenvalue weighted by molar-refractivity contribution is 5.91. The Bertz CT molecular complexity index is 749. The number of benzene rings is 1. The van der Waals surface area contributed by atoms with Gasteiger partial charge < -0.3 is 19.9 Å². The average molecular weight is 343 g/mol. The van der Waals surface area contributed by atoms with Crippen LogP contribution in [0.4, 0.5) is 0 Å². The van der Waals surface area contributed by atoms with Gasteiger partial charge in [0.2, 0.25) is 5.76 Å². The van der Waals surface area contributed by atoms with Gasteiger partial charge in [0.05, 0.1) is 30.5 Å². The molecule has 1 saturated carbocycles. The number of carbonyl (C=O) groups excluding carboxylic acids is 1. The molecular formula is C18H21N3O4. The zero-order valence-electron chi connectivity index (χ0n) is 13.7. The normalized spacial score (nSPS) is 29.4. The van der Waals surface area contributed by atoms with E-state index >= 15 is 0 Å². The highest BCUT2D eigenvalue weighted by atomic mass is 16.3. The lowest BCUT2D eigenvalue weighted by Crippen LogP contribution is -2.51. The number of hydrogen-bond donors (Lipinski definition) is 3. The first kappa shape index (κ1) is 16.3. The van der Waals surface area contributed by atoms with Gasteiger partial charge in [0.15, 0.2) is 6.39 Å². The third-order valence-electron chi connectivity index (χ3n) is 5.21. The summed E-state index contributed by atoms with van der Waals surface area (Å²) in [6.07, 6.45) is 2.17. The van der Waals surface area contributed by atoms with Crippen LogP contribution in [-0.4, -0.2) is 56.8 Å². The quantitative estimate of drug-likeness (QED) is 0.743. The van der Waals surface area contributed by atoms with Crippen LogP contribution < -0.4 is 5.32 Å². The SMILES string of the molecule is O=C(N[C@@H]1C[C@H](O)[C@@H](N2CCc3ccccc3C2)[C@@H]1O)c1cnco1. The standard InChI is InChI=1S/C18H21N3O4/c22-14-7-13(20-18(24)15-8-19-10-25-15)17(23)16(14)21-6-5-11-3-1-2-4-12(11)9-21/h1-4,8,10,13-14,16-17,22-23H,5-7,9H2,(H,20,24)/t13-,14+,16-,17-/m1/s1. The van der Waals surface area contributed by atoms with E-state index in [0.29, 0.717) is 13.0 Å². The Morgan fingerprint density at radius 1 is 1.28 bits per heavy atom. The first-order valence-corrected chi connectivity index (χ1v) is 8.50. The van der Waals surface area contributed by atoms with Crippen LogP contribution in [0.1, 0.15) is 28.1 Å². The molecule has 0 radical (unpaired) electrons. The molecule has 2 aliphatic rings. The van der Waals surface area contributed by atoms with Crippen molar-refractivity contribution in [3.63, 3.8) is 0 Å². The number of fused-ring (bicyclic) bond motifs is 1. The molecule has 2 aromatic rings. The Morgan fingerprint density at radius 2 is 2.08 bits per heavy atom. The van der Waals surface area contributed by atoms with E-state index in [0.717, 1.165) is 13.0 Å². The molecule has 4 atom stereocenters. The van der Waals surface area contributed by atoms with Gasteiger partial charge in [-0.2, -0.15) is 0 Å². The maximum absolute atomic E-state index is 12.1. The Kier molecular flexibility index (Phi) is 4.29.